The van der Waals surface area contributed by atoms with Crippen molar-refractivity contribution in [1.82, 2.24) is 9.78 Å². The van der Waals surface area contributed by atoms with E-state index < -0.39 is 5.97 Å². The third-order valence-corrected chi connectivity index (χ3v) is 5.65. The number of halogens is 1. The largest absolute Gasteiger partial charge is 0.496 e. The van der Waals surface area contributed by atoms with E-state index in [0.717, 1.165) is 11.1 Å². The summed E-state index contributed by atoms with van der Waals surface area (Å²) >= 11 is 5.92. The zero-order chi connectivity index (χ0) is 25.5. The van der Waals surface area contributed by atoms with E-state index in [9.17, 15) is 9.59 Å². The molecule has 4 rings (SSSR count). The van der Waals surface area contributed by atoms with E-state index in [4.69, 9.17) is 25.8 Å². The van der Waals surface area contributed by atoms with Gasteiger partial charge < -0.3 is 19.5 Å². The van der Waals surface area contributed by atoms with E-state index in [1.807, 2.05) is 12.1 Å². The summed E-state index contributed by atoms with van der Waals surface area (Å²) in [5.74, 6) is 0.539. The van der Waals surface area contributed by atoms with Gasteiger partial charge in [-0.1, -0.05) is 29.8 Å². The molecule has 0 saturated heterocycles. The van der Waals surface area contributed by atoms with Gasteiger partial charge in [0.15, 0.2) is 0 Å². The van der Waals surface area contributed by atoms with Crippen molar-refractivity contribution >= 4 is 29.2 Å². The van der Waals surface area contributed by atoms with Gasteiger partial charge in [-0.3, -0.25) is 9.48 Å². The number of nitrogens with one attached hydrogen (secondary N) is 1. The lowest BCUT2D eigenvalue weighted by molar-refractivity contribution is 0.0599. The van der Waals surface area contributed by atoms with Crippen molar-refractivity contribution in [2.24, 2.45) is 0 Å². The number of aromatic nitrogens is 2. The van der Waals surface area contributed by atoms with Crippen molar-refractivity contribution in [2.75, 3.05) is 19.5 Å². The molecule has 0 aliphatic carbocycles. The Morgan fingerprint density at radius 3 is 2.53 bits per heavy atom. The molecule has 9 heteroatoms. The maximum Gasteiger partial charge on any atom is 0.338 e. The van der Waals surface area contributed by atoms with Crippen molar-refractivity contribution in [3.8, 4) is 11.5 Å². The average Bonchev–Trinajstić information content (AvgIpc) is 3.34. The molecular formula is C27H24ClN3O5. The van der Waals surface area contributed by atoms with Crippen LogP contribution in [-0.4, -0.2) is 35.9 Å². The van der Waals surface area contributed by atoms with Crippen LogP contribution in [0.4, 0.5) is 5.69 Å². The predicted molar refractivity (Wildman–Crippen MR) is 136 cm³/mol. The van der Waals surface area contributed by atoms with Crippen LogP contribution >= 0.6 is 11.6 Å². The first-order valence-electron chi connectivity index (χ1n) is 11.0. The van der Waals surface area contributed by atoms with Gasteiger partial charge in [-0.2, -0.15) is 5.10 Å². The molecule has 3 aromatic carbocycles. The minimum absolute atomic E-state index is 0.212. The fraction of sp³-hybridized carbons (Fsp3) is 0.148. The van der Waals surface area contributed by atoms with Gasteiger partial charge in [0.25, 0.3) is 5.91 Å². The second-order valence-corrected chi connectivity index (χ2v) is 8.24. The molecular weight excluding hydrogens is 482 g/mol. The normalized spacial score (nSPS) is 10.5. The third-order valence-electron chi connectivity index (χ3n) is 5.40. The molecule has 0 aliphatic rings. The number of carbonyl (C=O) groups excluding carboxylic acids is 2. The molecule has 184 valence electrons. The van der Waals surface area contributed by atoms with Crippen LogP contribution in [-0.2, 0) is 17.9 Å². The van der Waals surface area contributed by atoms with E-state index in [0.29, 0.717) is 39.9 Å². The topological polar surface area (TPSA) is 91.7 Å². The number of hydrogen-bond acceptors (Lipinski definition) is 6. The standard InChI is InChI=1S/C27H24ClN3O5/c1-34-25-12-7-18(13-20(25)17-36-23-10-8-21(28)9-11-23)26(32)30-22-14-29-31(16-22)15-19-5-3-4-6-24(19)27(33)35-2/h3-14,16H,15,17H2,1-2H3,(H,30,32). The highest BCUT2D eigenvalue weighted by molar-refractivity contribution is 6.30. The molecule has 0 unspecified atom stereocenters. The fourth-order valence-electron chi connectivity index (χ4n) is 3.58. The summed E-state index contributed by atoms with van der Waals surface area (Å²) in [5.41, 5.74) is 2.90. The Morgan fingerprint density at radius 2 is 1.78 bits per heavy atom. The van der Waals surface area contributed by atoms with Crippen molar-refractivity contribution < 1.29 is 23.8 Å². The number of amides is 1. The summed E-state index contributed by atoms with van der Waals surface area (Å²) in [6.45, 7) is 0.555. The van der Waals surface area contributed by atoms with E-state index in [-0.39, 0.29) is 12.5 Å². The molecule has 0 atom stereocenters. The minimum atomic E-state index is -0.415. The molecule has 0 aliphatic heterocycles. The summed E-state index contributed by atoms with van der Waals surface area (Å²) < 4.78 is 17.7. The number of rotatable bonds is 9. The van der Waals surface area contributed by atoms with Crippen LogP contribution in [0.25, 0.3) is 0 Å². The predicted octanol–water partition coefficient (Wildman–Crippen LogP) is 5.21. The summed E-state index contributed by atoms with van der Waals surface area (Å²) in [6.07, 6.45) is 3.24. The third kappa shape index (κ3) is 6.03. The molecule has 0 fully saturated rings. The second-order valence-electron chi connectivity index (χ2n) is 7.80. The molecule has 1 N–H and O–H groups in total. The molecule has 0 bridgehead atoms. The maximum absolute atomic E-state index is 12.9. The highest BCUT2D eigenvalue weighted by Gasteiger charge is 2.14. The molecule has 1 aromatic heterocycles. The molecule has 0 spiro atoms. The van der Waals surface area contributed by atoms with Crippen molar-refractivity contribution in [1.29, 1.82) is 0 Å². The Kier molecular flexibility index (Phi) is 7.87. The molecule has 1 amide bonds. The number of nitrogens with zero attached hydrogens (tertiary/aromatic N) is 2. The van der Waals surface area contributed by atoms with Gasteiger partial charge >= 0.3 is 5.97 Å². The Morgan fingerprint density at radius 1 is 1.00 bits per heavy atom. The van der Waals surface area contributed by atoms with Crippen LogP contribution in [0.5, 0.6) is 11.5 Å². The molecule has 8 nitrogen and oxygen atoms in total. The SMILES string of the molecule is COC(=O)c1ccccc1Cn1cc(NC(=O)c2ccc(OC)c(COc3ccc(Cl)cc3)c2)cn1. The average molecular weight is 506 g/mol. The number of esters is 1. The molecule has 0 saturated carbocycles. The number of carbonyl (C=O) groups is 2. The van der Waals surface area contributed by atoms with Crippen LogP contribution in [0.15, 0.2) is 79.1 Å². The van der Waals surface area contributed by atoms with Gasteiger partial charge in [-0.15, -0.1) is 0 Å². The number of methoxy groups -OCH3 is 2. The Bertz CT molecular complexity index is 1370. The van der Waals surface area contributed by atoms with E-state index in [1.54, 1.807) is 78.8 Å². The zero-order valence-corrected chi connectivity index (χ0v) is 20.5. The lowest BCUT2D eigenvalue weighted by Gasteiger charge is -2.12. The Balaban J connectivity index is 1.44. The Hall–Kier alpha value is -4.30. The highest BCUT2D eigenvalue weighted by atomic mass is 35.5. The van der Waals surface area contributed by atoms with E-state index >= 15 is 0 Å². The van der Waals surface area contributed by atoms with E-state index in [2.05, 4.69) is 10.4 Å². The molecule has 0 radical (unpaired) electrons. The Labute approximate surface area is 213 Å². The summed E-state index contributed by atoms with van der Waals surface area (Å²) in [5, 5.41) is 7.77. The lowest BCUT2D eigenvalue weighted by Crippen LogP contribution is -2.12. The van der Waals surface area contributed by atoms with E-state index in [1.165, 1.54) is 7.11 Å². The second kappa shape index (κ2) is 11.4. The first kappa shape index (κ1) is 24.8. The summed E-state index contributed by atoms with van der Waals surface area (Å²) in [4.78, 5) is 24.9. The smallest absolute Gasteiger partial charge is 0.338 e. The monoisotopic (exact) mass is 505 g/mol. The zero-order valence-electron chi connectivity index (χ0n) is 19.7. The number of anilines is 1. The summed E-state index contributed by atoms with van der Waals surface area (Å²) in [6, 6.07) is 19.3. The van der Waals surface area contributed by atoms with Crippen LogP contribution in [0.2, 0.25) is 5.02 Å². The fourth-order valence-corrected chi connectivity index (χ4v) is 3.71. The van der Waals surface area contributed by atoms with Gasteiger partial charge in [-0.25, -0.2) is 4.79 Å². The molecule has 36 heavy (non-hydrogen) atoms. The number of ether oxygens (including phenoxy) is 3. The van der Waals surface area contributed by atoms with Gasteiger partial charge in [0, 0.05) is 22.3 Å². The van der Waals surface area contributed by atoms with Crippen molar-refractivity contribution in [3.63, 3.8) is 0 Å². The van der Waals surface area contributed by atoms with Crippen molar-refractivity contribution in [3.05, 3.63) is 106 Å². The van der Waals surface area contributed by atoms with Crippen LogP contribution in [0, 0.1) is 0 Å². The van der Waals surface area contributed by atoms with Crippen LogP contribution in [0.1, 0.15) is 31.8 Å². The van der Waals surface area contributed by atoms with Gasteiger partial charge in [0.05, 0.1) is 38.2 Å². The quantitative estimate of drug-likeness (QED) is 0.314. The molecule has 1 heterocycles. The summed E-state index contributed by atoms with van der Waals surface area (Å²) in [7, 11) is 2.91. The van der Waals surface area contributed by atoms with Gasteiger partial charge in [0.2, 0.25) is 0 Å². The first-order valence-corrected chi connectivity index (χ1v) is 11.4. The van der Waals surface area contributed by atoms with Gasteiger partial charge in [0.1, 0.15) is 18.1 Å². The minimum Gasteiger partial charge on any atom is -0.496 e. The molecule has 4 aromatic rings. The highest BCUT2D eigenvalue weighted by Crippen LogP contribution is 2.24. The number of hydrogen-bond donors (Lipinski definition) is 1. The first-order chi connectivity index (χ1) is 17.5. The lowest BCUT2D eigenvalue weighted by atomic mass is 10.1. The van der Waals surface area contributed by atoms with Crippen molar-refractivity contribution in [2.45, 2.75) is 13.2 Å². The number of benzene rings is 3. The van der Waals surface area contributed by atoms with Crippen LogP contribution in [0.3, 0.4) is 0 Å². The van der Waals surface area contributed by atoms with Gasteiger partial charge in [-0.05, 0) is 54.1 Å². The maximum atomic E-state index is 12.9. The van der Waals surface area contributed by atoms with Crippen LogP contribution < -0.4 is 14.8 Å².